The zero-order valence-corrected chi connectivity index (χ0v) is 18.8. The van der Waals surface area contributed by atoms with Gasteiger partial charge in [-0.25, -0.2) is 8.42 Å². The number of hydrogen-bond donors (Lipinski definition) is 1. The number of Topliss-reactive ketones (excluding diaryl/α,β-unsaturated/α-hetero) is 1. The highest BCUT2D eigenvalue weighted by atomic mass is 32.2. The summed E-state index contributed by atoms with van der Waals surface area (Å²) < 4.78 is 33.6. The van der Waals surface area contributed by atoms with Crippen LogP contribution in [0, 0.1) is 10.8 Å². The summed E-state index contributed by atoms with van der Waals surface area (Å²) in [6.07, 6.45) is 1.73. The van der Waals surface area contributed by atoms with Gasteiger partial charge < -0.3 is 10.1 Å². The van der Waals surface area contributed by atoms with Crippen LogP contribution in [0.25, 0.3) is 0 Å². The van der Waals surface area contributed by atoms with E-state index in [9.17, 15) is 13.2 Å². The summed E-state index contributed by atoms with van der Waals surface area (Å²) in [5.41, 5.74) is 1.73. The average molecular weight is 443 g/mol. The molecule has 0 saturated carbocycles. The Kier molecular flexibility index (Phi) is 4.43. The molecule has 3 aliphatic heterocycles. The van der Waals surface area contributed by atoms with Gasteiger partial charge in [-0.2, -0.15) is 9.42 Å². The van der Waals surface area contributed by atoms with Gasteiger partial charge in [0.1, 0.15) is 5.75 Å². The number of nitrogens with zero attached hydrogens (tertiary/aromatic N) is 3. The molecule has 1 N–H and O–H groups in total. The standard InChI is InChI=1S/C22H26N4O4S/c1-21(2)10-17-19(18(27)11-21)22(16-12-23-25-20(16)24-17)7-8-26(13-22)31(28,29)15-6-4-5-14(9-15)30-3/h4-6,9,24H,7-8,10-13H2,1-3H3/t22-/m1/s1. The minimum Gasteiger partial charge on any atom is -0.497 e. The van der Waals surface area contributed by atoms with Crippen molar-refractivity contribution in [3.05, 3.63) is 46.9 Å². The van der Waals surface area contributed by atoms with E-state index in [1.807, 2.05) is 0 Å². The molecule has 1 aromatic rings. The lowest BCUT2D eigenvalue weighted by Gasteiger charge is -2.43. The fourth-order valence-corrected chi connectivity index (χ4v) is 6.94. The summed E-state index contributed by atoms with van der Waals surface area (Å²) in [5.74, 6) is 1.27. The first kappa shape index (κ1) is 20.4. The fourth-order valence-electron chi connectivity index (χ4n) is 5.41. The van der Waals surface area contributed by atoms with Crippen molar-refractivity contribution in [1.29, 1.82) is 0 Å². The van der Waals surface area contributed by atoms with E-state index < -0.39 is 15.4 Å². The van der Waals surface area contributed by atoms with Crippen LogP contribution in [0.1, 0.15) is 33.1 Å². The lowest BCUT2D eigenvalue weighted by Crippen LogP contribution is -2.45. The van der Waals surface area contributed by atoms with Crippen molar-refractivity contribution in [2.24, 2.45) is 21.1 Å². The van der Waals surface area contributed by atoms with Crippen molar-refractivity contribution in [2.45, 2.75) is 38.0 Å². The Morgan fingerprint density at radius 3 is 2.81 bits per heavy atom. The summed E-state index contributed by atoms with van der Waals surface area (Å²) in [5, 5.41) is 11.8. The number of allylic oxidation sites excluding steroid dienone is 1. The average Bonchev–Trinajstić information content (AvgIpc) is 3.35. The minimum atomic E-state index is -3.74. The van der Waals surface area contributed by atoms with Crippen LogP contribution in [0.5, 0.6) is 5.75 Å². The van der Waals surface area contributed by atoms with E-state index in [-0.39, 0.29) is 22.6 Å². The van der Waals surface area contributed by atoms with E-state index in [0.29, 0.717) is 37.5 Å². The van der Waals surface area contributed by atoms with Gasteiger partial charge in [0.15, 0.2) is 11.6 Å². The van der Waals surface area contributed by atoms with Crippen LogP contribution in [-0.4, -0.2) is 45.3 Å². The molecule has 8 nitrogen and oxygen atoms in total. The summed E-state index contributed by atoms with van der Waals surface area (Å²) in [6.45, 7) is 5.12. The summed E-state index contributed by atoms with van der Waals surface area (Å²) in [7, 11) is -2.23. The van der Waals surface area contributed by atoms with Gasteiger partial charge in [0.05, 0.1) is 18.6 Å². The second-order valence-corrected chi connectivity index (χ2v) is 11.4. The summed E-state index contributed by atoms with van der Waals surface area (Å²) >= 11 is 0. The fraction of sp³-hybridized carbons (Fsp3) is 0.500. The van der Waals surface area contributed by atoms with Crippen molar-refractivity contribution in [3.63, 3.8) is 0 Å². The SMILES string of the molecule is COc1cccc(S(=O)(=O)N2CC[C@@]3(C2)C2=C(N=NC2)NC2=C3C(=O)CC(C)(C)C2)c1. The zero-order chi connectivity index (χ0) is 22.0. The second-order valence-electron chi connectivity index (χ2n) is 9.50. The molecule has 0 aromatic heterocycles. The van der Waals surface area contributed by atoms with Crippen LogP contribution in [0.2, 0.25) is 0 Å². The molecule has 9 heteroatoms. The largest absolute Gasteiger partial charge is 0.497 e. The third kappa shape index (κ3) is 3.05. The number of ketones is 1. The number of carbonyl (C=O) groups excluding carboxylic acids is 1. The second kappa shape index (κ2) is 6.74. The predicted molar refractivity (Wildman–Crippen MR) is 114 cm³/mol. The molecule has 0 radical (unpaired) electrons. The van der Waals surface area contributed by atoms with Crippen LogP contribution < -0.4 is 10.1 Å². The summed E-state index contributed by atoms with van der Waals surface area (Å²) in [6, 6.07) is 6.50. The molecule has 31 heavy (non-hydrogen) atoms. The Balaban J connectivity index is 1.57. The third-order valence-corrected chi connectivity index (χ3v) is 8.64. The molecule has 5 rings (SSSR count). The molecule has 4 aliphatic rings. The first-order valence-electron chi connectivity index (χ1n) is 10.5. The minimum absolute atomic E-state index is 0.0952. The number of carbonyl (C=O) groups is 1. The molecule has 1 spiro atoms. The molecule has 1 aromatic carbocycles. The predicted octanol–water partition coefficient (Wildman–Crippen LogP) is 3.00. The number of hydrogen-bond acceptors (Lipinski definition) is 7. The van der Waals surface area contributed by atoms with E-state index in [1.165, 1.54) is 17.5 Å². The molecule has 0 bridgehead atoms. The number of benzene rings is 1. The highest BCUT2D eigenvalue weighted by Gasteiger charge is 2.55. The van der Waals surface area contributed by atoms with E-state index in [4.69, 9.17) is 4.74 Å². The molecule has 1 atom stereocenters. The lowest BCUT2D eigenvalue weighted by molar-refractivity contribution is -0.119. The molecular weight excluding hydrogens is 416 g/mol. The quantitative estimate of drug-likeness (QED) is 0.776. The molecule has 1 aliphatic carbocycles. The zero-order valence-electron chi connectivity index (χ0n) is 17.9. The van der Waals surface area contributed by atoms with Gasteiger partial charge in [0.25, 0.3) is 0 Å². The summed E-state index contributed by atoms with van der Waals surface area (Å²) in [4.78, 5) is 13.5. The third-order valence-electron chi connectivity index (χ3n) is 6.80. The first-order valence-corrected chi connectivity index (χ1v) is 11.9. The van der Waals surface area contributed by atoms with E-state index >= 15 is 0 Å². The van der Waals surface area contributed by atoms with Crippen LogP contribution in [0.15, 0.2) is 62.1 Å². The maximum atomic E-state index is 13.5. The van der Waals surface area contributed by atoms with Crippen molar-refractivity contribution < 1.29 is 17.9 Å². The van der Waals surface area contributed by atoms with E-state index in [0.717, 1.165) is 23.3 Å². The lowest BCUT2D eigenvalue weighted by atomic mass is 9.63. The number of nitrogens with one attached hydrogen (secondary N) is 1. The monoisotopic (exact) mass is 442 g/mol. The topological polar surface area (TPSA) is 100 Å². The maximum absolute atomic E-state index is 13.5. The maximum Gasteiger partial charge on any atom is 0.243 e. The van der Waals surface area contributed by atoms with Crippen molar-refractivity contribution in [1.82, 2.24) is 9.62 Å². The molecule has 0 amide bonds. The van der Waals surface area contributed by atoms with Gasteiger partial charge >= 0.3 is 0 Å². The number of fused-ring (bicyclic) bond motifs is 2. The van der Waals surface area contributed by atoms with Crippen molar-refractivity contribution >= 4 is 15.8 Å². The molecular formula is C22H26N4O4S. The number of ether oxygens (including phenoxy) is 1. The van der Waals surface area contributed by atoms with Gasteiger partial charge in [-0.1, -0.05) is 19.9 Å². The van der Waals surface area contributed by atoms with Gasteiger partial charge in [-0.15, -0.1) is 5.11 Å². The van der Waals surface area contributed by atoms with Crippen LogP contribution in [0.3, 0.4) is 0 Å². The van der Waals surface area contributed by atoms with Crippen molar-refractivity contribution in [3.8, 4) is 5.75 Å². The molecule has 3 heterocycles. The highest BCUT2D eigenvalue weighted by Crippen LogP contribution is 2.54. The Morgan fingerprint density at radius 2 is 2.03 bits per heavy atom. The van der Waals surface area contributed by atoms with Crippen LogP contribution >= 0.6 is 0 Å². The van der Waals surface area contributed by atoms with Gasteiger partial charge in [-0.3, -0.25) is 4.79 Å². The Hall–Kier alpha value is -2.52. The van der Waals surface area contributed by atoms with Crippen molar-refractivity contribution in [2.75, 3.05) is 26.7 Å². The Morgan fingerprint density at radius 1 is 1.23 bits per heavy atom. The molecule has 1 saturated heterocycles. The van der Waals surface area contributed by atoms with Gasteiger partial charge in [-0.05, 0) is 30.4 Å². The van der Waals surface area contributed by atoms with Crippen LogP contribution in [0.4, 0.5) is 0 Å². The normalized spacial score (nSPS) is 27.5. The van der Waals surface area contributed by atoms with Gasteiger partial charge in [0, 0.05) is 47.8 Å². The number of dihydropyridines is 1. The number of azo groups is 1. The Bertz CT molecular complexity index is 1180. The van der Waals surface area contributed by atoms with Crippen LogP contribution in [-0.2, 0) is 14.8 Å². The van der Waals surface area contributed by atoms with E-state index in [2.05, 4.69) is 29.4 Å². The highest BCUT2D eigenvalue weighted by molar-refractivity contribution is 7.89. The number of sulfonamides is 1. The first-order chi connectivity index (χ1) is 14.7. The van der Waals surface area contributed by atoms with E-state index in [1.54, 1.807) is 18.2 Å². The smallest absolute Gasteiger partial charge is 0.243 e. The molecule has 0 unspecified atom stereocenters. The molecule has 1 fully saturated rings. The molecule has 164 valence electrons. The number of rotatable bonds is 3. The van der Waals surface area contributed by atoms with Gasteiger partial charge in [0.2, 0.25) is 10.0 Å². The Labute approximate surface area is 182 Å². The number of methoxy groups -OCH3 is 1.